The summed E-state index contributed by atoms with van der Waals surface area (Å²) >= 11 is 0. The number of aliphatic hydroxyl groups excluding tert-OH is 1. The number of aromatic nitrogens is 2. The van der Waals surface area contributed by atoms with Crippen LogP contribution in [-0.4, -0.2) is 45.3 Å². The Bertz CT molecular complexity index is 1150. The number of nitrogens with zero attached hydrogens (tertiary/aromatic N) is 2. The standard InChI is InChI=1S/C23H21N3O6/c27-14-18-17(32-22(29)16-9-5-2-6-10-16)13-20(31-18)26-12-11-19(25-23(26)30)24-21(28)15-7-3-1-4-8-15/h1-12,17-18,20,27H,13-14H2,(H,24,25,28,30)/t17-,18+,20-/m0/s1. The predicted molar refractivity (Wildman–Crippen MR) is 114 cm³/mol. The summed E-state index contributed by atoms with van der Waals surface area (Å²) in [6, 6.07) is 18.5. The molecule has 1 fully saturated rings. The van der Waals surface area contributed by atoms with Gasteiger partial charge in [0.2, 0.25) is 0 Å². The summed E-state index contributed by atoms with van der Waals surface area (Å²) in [6.07, 6.45) is -0.684. The highest BCUT2D eigenvalue weighted by Crippen LogP contribution is 2.30. The summed E-state index contributed by atoms with van der Waals surface area (Å²) < 4.78 is 12.5. The topological polar surface area (TPSA) is 120 Å². The van der Waals surface area contributed by atoms with E-state index in [1.165, 1.54) is 16.8 Å². The first-order chi connectivity index (χ1) is 15.5. The molecule has 1 amide bonds. The van der Waals surface area contributed by atoms with E-state index < -0.39 is 30.1 Å². The molecule has 1 aliphatic rings. The third kappa shape index (κ3) is 4.74. The predicted octanol–water partition coefficient (Wildman–Crippen LogP) is 2.00. The minimum Gasteiger partial charge on any atom is -0.456 e. The Morgan fingerprint density at radius 1 is 1.06 bits per heavy atom. The molecule has 164 valence electrons. The molecule has 9 heteroatoms. The highest BCUT2D eigenvalue weighted by Gasteiger charge is 2.39. The summed E-state index contributed by atoms with van der Waals surface area (Å²) in [6.45, 7) is -0.378. The fraction of sp³-hybridized carbons (Fsp3) is 0.217. The van der Waals surface area contributed by atoms with Crippen LogP contribution < -0.4 is 11.0 Å². The van der Waals surface area contributed by atoms with Crippen molar-refractivity contribution in [2.75, 3.05) is 11.9 Å². The Balaban J connectivity index is 1.45. The van der Waals surface area contributed by atoms with Gasteiger partial charge in [0.15, 0.2) is 0 Å². The number of ether oxygens (including phenoxy) is 2. The van der Waals surface area contributed by atoms with Gasteiger partial charge in [-0.25, -0.2) is 9.59 Å². The van der Waals surface area contributed by atoms with Crippen molar-refractivity contribution in [3.8, 4) is 0 Å². The summed E-state index contributed by atoms with van der Waals surface area (Å²) in [4.78, 5) is 41.0. The summed E-state index contributed by atoms with van der Waals surface area (Å²) in [7, 11) is 0. The zero-order chi connectivity index (χ0) is 22.5. The first-order valence-electron chi connectivity index (χ1n) is 10.0. The van der Waals surface area contributed by atoms with E-state index in [-0.39, 0.29) is 24.8 Å². The smallest absolute Gasteiger partial charge is 0.351 e. The molecule has 1 aliphatic heterocycles. The Labute approximate surface area is 183 Å². The molecule has 0 spiro atoms. The van der Waals surface area contributed by atoms with E-state index in [4.69, 9.17) is 9.47 Å². The van der Waals surface area contributed by atoms with Gasteiger partial charge < -0.3 is 19.9 Å². The number of esters is 1. The maximum absolute atomic E-state index is 12.5. The van der Waals surface area contributed by atoms with Gasteiger partial charge >= 0.3 is 11.7 Å². The summed E-state index contributed by atoms with van der Waals surface area (Å²) in [5.74, 6) is -0.827. The largest absolute Gasteiger partial charge is 0.456 e. The quantitative estimate of drug-likeness (QED) is 0.568. The second-order valence-corrected chi connectivity index (χ2v) is 7.18. The van der Waals surface area contributed by atoms with Gasteiger partial charge in [0.1, 0.15) is 24.3 Å². The molecule has 3 atom stereocenters. The van der Waals surface area contributed by atoms with Crippen LogP contribution in [0.2, 0.25) is 0 Å². The lowest BCUT2D eigenvalue weighted by molar-refractivity contribution is -0.0521. The molecule has 32 heavy (non-hydrogen) atoms. The van der Waals surface area contributed by atoms with Crippen molar-refractivity contribution in [1.29, 1.82) is 0 Å². The molecular weight excluding hydrogens is 414 g/mol. The van der Waals surface area contributed by atoms with Crippen LogP contribution in [0, 0.1) is 0 Å². The third-order valence-electron chi connectivity index (χ3n) is 5.05. The Kier molecular flexibility index (Phi) is 6.39. The van der Waals surface area contributed by atoms with Gasteiger partial charge in [0, 0.05) is 18.2 Å². The van der Waals surface area contributed by atoms with Gasteiger partial charge in [-0.05, 0) is 30.3 Å². The van der Waals surface area contributed by atoms with Gasteiger partial charge in [0.25, 0.3) is 5.91 Å². The minimum atomic E-state index is -0.781. The van der Waals surface area contributed by atoms with E-state index >= 15 is 0 Å². The SMILES string of the molecule is O=C(Nc1ccn([C@@H]2C[C@H](OC(=O)c3ccccc3)[C@@H](CO)O2)c(=O)n1)c1ccccc1. The molecule has 2 heterocycles. The maximum Gasteiger partial charge on any atom is 0.351 e. The Hall–Kier alpha value is -3.82. The van der Waals surface area contributed by atoms with E-state index in [0.717, 1.165) is 0 Å². The fourth-order valence-electron chi connectivity index (χ4n) is 3.42. The number of anilines is 1. The number of carbonyl (C=O) groups is 2. The number of nitrogens with one attached hydrogen (secondary N) is 1. The van der Waals surface area contributed by atoms with Crippen molar-refractivity contribution >= 4 is 17.7 Å². The van der Waals surface area contributed by atoms with Crippen molar-refractivity contribution in [2.24, 2.45) is 0 Å². The normalized spacial score (nSPS) is 20.0. The van der Waals surface area contributed by atoms with Crippen molar-refractivity contribution in [3.63, 3.8) is 0 Å². The van der Waals surface area contributed by atoms with Crippen LogP contribution in [0.25, 0.3) is 0 Å². The van der Waals surface area contributed by atoms with E-state index in [1.54, 1.807) is 60.7 Å². The number of rotatable bonds is 6. The molecular formula is C23H21N3O6. The highest BCUT2D eigenvalue weighted by molar-refractivity contribution is 6.03. The molecule has 0 aliphatic carbocycles. The van der Waals surface area contributed by atoms with E-state index in [9.17, 15) is 19.5 Å². The van der Waals surface area contributed by atoms with Crippen molar-refractivity contribution < 1.29 is 24.2 Å². The average Bonchev–Trinajstić information content (AvgIpc) is 3.22. The zero-order valence-electron chi connectivity index (χ0n) is 17.0. The van der Waals surface area contributed by atoms with Crippen LogP contribution in [0.15, 0.2) is 77.7 Å². The molecule has 2 N–H and O–H groups in total. The monoisotopic (exact) mass is 435 g/mol. The van der Waals surface area contributed by atoms with Crippen LogP contribution in [0.5, 0.6) is 0 Å². The molecule has 9 nitrogen and oxygen atoms in total. The number of amides is 1. The Morgan fingerprint density at radius 3 is 2.34 bits per heavy atom. The molecule has 3 aromatic rings. The lowest BCUT2D eigenvalue weighted by Crippen LogP contribution is -2.30. The van der Waals surface area contributed by atoms with Crippen LogP contribution in [-0.2, 0) is 9.47 Å². The van der Waals surface area contributed by atoms with E-state index in [1.807, 2.05) is 0 Å². The Morgan fingerprint density at radius 2 is 1.72 bits per heavy atom. The first kappa shape index (κ1) is 21.4. The number of carbonyl (C=O) groups excluding carboxylic acids is 2. The summed E-state index contributed by atoms with van der Waals surface area (Å²) in [5.41, 5.74) is 0.170. The van der Waals surface area contributed by atoms with Crippen LogP contribution in [0.4, 0.5) is 5.82 Å². The molecule has 4 rings (SSSR count). The van der Waals surface area contributed by atoms with Crippen molar-refractivity contribution in [2.45, 2.75) is 24.9 Å². The van der Waals surface area contributed by atoms with Crippen LogP contribution >= 0.6 is 0 Å². The third-order valence-corrected chi connectivity index (χ3v) is 5.05. The number of hydrogen-bond donors (Lipinski definition) is 2. The lowest BCUT2D eigenvalue weighted by Gasteiger charge is -2.16. The molecule has 0 radical (unpaired) electrons. The minimum absolute atomic E-state index is 0.101. The molecule has 0 unspecified atom stereocenters. The molecule has 1 aromatic heterocycles. The first-order valence-corrected chi connectivity index (χ1v) is 10.0. The fourth-order valence-corrected chi connectivity index (χ4v) is 3.42. The number of aliphatic hydroxyl groups is 1. The van der Waals surface area contributed by atoms with Gasteiger partial charge in [-0.3, -0.25) is 9.36 Å². The summed E-state index contributed by atoms with van der Waals surface area (Å²) in [5, 5.41) is 12.2. The van der Waals surface area contributed by atoms with Gasteiger partial charge in [-0.1, -0.05) is 36.4 Å². The van der Waals surface area contributed by atoms with Crippen molar-refractivity contribution in [3.05, 3.63) is 94.5 Å². The molecule has 2 aromatic carbocycles. The van der Waals surface area contributed by atoms with Crippen LogP contribution in [0.3, 0.4) is 0 Å². The average molecular weight is 435 g/mol. The zero-order valence-corrected chi connectivity index (χ0v) is 17.0. The van der Waals surface area contributed by atoms with E-state index in [0.29, 0.717) is 11.1 Å². The highest BCUT2D eigenvalue weighted by atomic mass is 16.6. The van der Waals surface area contributed by atoms with E-state index in [2.05, 4.69) is 10.3 Å². The second-order valence-electron chi connectivity index (χ2n) is 7.18. The molecule has 0 saturated carbocycles. The molecule has 1 saturated heterocycles. The van der Waals surface area contributed by atoms with Crippen molar-refractivity contribution in [1.82, 2.24) is 9.55 Å². The van der Waals surface area contributed by atoms with Gasteiger partial charge in [-0.2, -0.15) is 4.98 Å². The maximum atomic E-state index is 12.5. The second kappa shape index (κ2) is 9.54. The van der Waals surface area contributed by atoms with Gasteiger partial charge in [0.05, 0.1) is 12.2 Å². The van der Waals surface area contributed by atoms with Crippen LogP contribution in [0.1, 0.15) is 33.4 Å². The lowest BCUT2D eigenvalue weighted by atomic mass is 10.1. The number of benzene rings is 2. The number of hydrogen-bond acceptors (Lipinski definition) is 7. The van der Waals surface area contributed by atoms with Gasteiger partial charge in [-0.15, -0.1) is 0 Å². The molecule has 0 bridgehead atoms.